The van der Waals surface area contributed by atoms with Crippen LogP contribution >= 0.6 is 0 Å². The number of hydrogen-bond donors (Lipinski definition) is 0. The molecule has 1 aromatic carbocycles. The number of carbonyl (C=O) groups is 1. The number of sulfonamides is 1. The summed E-state index contributed by atoms with van der Waals surface area (Å²) in [5.41, 5.74) is 0.963. The normalized spacial score (nSPS) is 15.9. The van der Waals surface area contributed by atoms with Gasteiger partial charge < -0.3 is 13.9 Å². The van der Waals surface area contributed by atoms with Crippen LogP contribution in [0, 0.1) is 0 Å². The van der Waals surface area contributed by atoms with Crippen molar-refractivity contribution in [1.29, 1.82) is 0 Å². The molecule has 1 fully saturated rings. The van der Waals surface area contributed by atoms with Crippen LogP contribution in [0.3, 0.4) is 0 Å². The molecule has 3 aromatic rings. The molecule has 0 N–H and O–H groups in total. The smallest absolute Gasteiger partial charge is 0.289 e. The Labute approximate surface area is 199 Å². The number of hydrogen-bond acceptors (Lipinski definition) is 5. The number of amides is 1. The molecule has 0 saturated carbocycles. The third-order valence-electron chi connectivity index (χ3n) is 6.32. The largest absolute Gasteiger partial charge is 0.454 e. The van der Waals surface area contributed by atoms with Crippen LogP contribution in [-0.4, -0.2) is 54.3 Å². The van der Waals surface area contributed by atoms with Crippen molar-refractivity contribution in [3.8, 4) is 0 Å². The molecule has 180 valence electrons. The highest BCUT2D eigenvalue weighted by molar-refractivity contribution is 7.89. The molecular formula is C25H29N3O5S. The zero-order valence-electron chi connectivity index (χ0n) is 19.4. The van der Waals surface area contributed by atoms with Gasteiger partial charge in [-0.2, -0.15) is 4.31 Å². The SMILES string of the molecule is CCC(C)c1ccc(S(=O)(=O)N2CCN(C(=O)c3ccc(Cn4ccccc4=O)o3)CC2)cc1. The number of pyridine rings is 1. The van der Waals surface area contributed by atoms with Crippen LogP contribution in [0.15, 0.2) is 74.9 Å². The first-order valence-corrected chi connectivity index (χ1v) is 12.9. The van der Waals surface area contributed by atoms with E-state index in [2.05, 4.69) is 13.8 Å². The van der Waals surface area contributed by atoms with E-state index in [1.54, 1.807) is 47.5 Å². The predicted molar refractivity (Wildman–Crippen MR) is 128 cm³/mol. The summed E-state index contributed by atoms with van der Waals surface area (Å²) in [6.45, 7) is 5.43. The van der Waals surface area contributed by atoms with Crippen LogP contribution in [0.2, 0.25) is 0 Å². The van der Waals surface area contributed by atoms with Crippen LogP contribution in [-0.2, 0) is 16.6 Å². The zero-order valence-corrected chi connectivity index (χ0v) is 20.2. The molecule has 1 amide bonds. The van der Waals surface area contributed by atoms with Crippen molar-refractivity contribution in [2.75, 3.05) is 26.2 Å². The van der Waals surface area contributed by atoms with Gasteiger partial charge in [-0.1, -0.05) is 32.0 Å². The second kappa shape index (κ2) is 9.99. The fraction of sp³-hybridized carbons (Fsp3) is 0.360. The maximum absolute atomic E-state index is 13.1. The van der Waals surface area contributed by atoms with E-state index in [4.69, 9.17) is 4.42 Å². The average Bonchev–Trinajstić information content (AvgIpc) is 3.33. The maximum atomic E-state index is 13.1. The first kappa shape index (κ1) is 24.0. The lowest BCUT2D eigenvalue weighted by Crippen LogP contribution is -2.50. The summed E-state index contributed by atoms with van der Waals surface area (Å²) in [5, 5.41) is 0. The zero-order chi connectivity index (χ0) is 24.3. The van der Waals surface area contributed by atoms with E-state index in [1.807, 2.05) is 12.1 Å². The summed E-state index contributed by atoms with van der Waals surface area (Å²) >= 11 is 0. The second-order valence-corrected chi connectivity index (χ2v) is 10.4. The van der Waals surface area contributed by atoms with Crippen molar-refractivity contribution in [3.63, 3.8) is 0 Å². The Hall–Kier alpha value is -3.17. The van der Waals surface area contributed by atoms with Crippen LogP contribution in [0.4, 0.5) is 0 Å². The molecule has 2 aromatic heterocycles. The van der Waals surface area contributed by atoms with Gasteiger partial charge in [0, 0.05) is 38.4 Å². The predicted octanol–water partition coefficient (Wildman–Crippen LogP) is 3.15. The Morgan fingerprint density at radius 3 is 2.35 bits per heavy atom. The first-order chi connectivity index (χ1) is 16.3. The molecule has 0 radical (unpaired) electrons. The number of carbonyl (C=O) groups excluding carboxylic acids is 1. The average molecular weight is 484 g/mol. The minimum absolute atomic E-state index is 0.154. The summed E-state index contributed by atoms with van der Waals surface area (Å²) in [5.74, 6) is 0.762. The molecule has 1 atom stereocenters. The number of nitrogens with zero attached hydrogens (tertiary/aromatic N) is 3. The molecule has 0 spiro atoms. The van der Waals surface area contributed by atoms with E-state index < -0.39 is 10.0 Å². The van der Waals surface area contributed by atoms with Crippen molar-refractivity contribution in [1.82, 2.24) is 13.8 Å². The topological polar surface area (TPSA) is 92.8 Å². The van der Waals surface area contributed by atoms with Crippen LogP contribution in [0.1, 0.15) is 48.1 Å². The van der Waals surface area contributed by atoms with Crippen LogP contribution in [0.5, 0.6) is 0 Å². The summed E-state index contributed by atoms with van der Waals surface area (Å²) in [7, 11) is -3.62. The molecule has 0 bridgehead atoms. The molecule has 4 rings (SSSR count). The molecular weight excluding hydrogens is 454 g/mol. The maximum Gasteiger partial charge on any atom is 0.289 e. The van der Waals surface area contributed by atoms with Crippen molar-refractivity contribution >= 4 is 15.9 Å². The lowest BCUT2D eigenvalue weighted by Gasteiger charge is -2.33. The third kappa shape index (κ3) is 5.00. The standard InChI is InChI=1S/C25H29N3O5S/c1-3-19(2)20-7-10-22(11-8-20)34(31,32)28-16-14-26(15-17-28)25(30)23-12-9-21(33-23)18-27-13-5-4-6-24(27)29/h4-13,19H,3,14-18H2,1-2H3. The van der Waals surface area contributed by atoms with E-state index >= 15 is 0 Å². The molecule has 1 unspecified atom stereocenters. The number of benzene rings is 1. The van der Waals surface area contributed by atoms with E-state index in [9.17, 15) is 18.0 Å². The molecule has 9 heteroatoms. The number of piperazine rings is 1. The third-order valence-corrected chi connectivity index (χ3v) is 8.24. The van der Waals surface area contributed by atoms with Crippen molar-refractivity contribution in [2.45, 2.75) is 37.6 Å². The quantitative estimate of drug-likeness (QED) is 0.515. The van der Waals surface area contributed by atoms with Gasteiger partial charge in [0.15, 0.2) is 5.76 Å². The van der Waals surface area contributed by atoms with E-state index in [0.717, 1.165) is 12.0 Å². The molecule has 1 aliphatic heterocycles. The number of rotatable bonds is 7. The van der Waals surface area contributed by atoms with Gasteiger partial charge in [-0.15, -0.1) is 0 Å². The van der Waals surface area contributed by atoms with Crippen LogP contribution in [0.25, 0.3) is 0 Å². The second-order valence-electron chi connectivity index (χ2n) is 8.51. The van der Waals surface area contributed by atoms with Gasteiger partial charge >= 0.3 is 0 Å². The Morgan fingerprint density at radius 2 is 1.71 bits per heavy atom. The van der Waals surface area contributed by atoms with Crippen molar-refractivity contribution in [2.24, 2.45) is 0 Å². The lowest BCUT2D eigenvalue weighted by atomic mass is 9.99. The Bertz CT molecular complexity index is 1300. The highest BCUT2D eigenvalue weighted by Crippen LogP contribution is 2.23. The molecule has 0 aliphatic carbocycles. The molecule has 3 heterocycles. The summed E-state index contributed by atoms with van der Waals surface area (Å²) in [4.78, 5) is 26.6. The highest BCUT2D eigenvalue weighted by Gasteiger charge is 2.31. The van der Waals surface area contributed by atoms with Crippen molar-refractivity contribution in [3.05, 3.63) is 88.2 Å². The Balaban J connectivity index is 1.38. The van der Waals surface area contributed by atoms with Gasteiger partial charge in [0.25, 0.3) is 11.5 Å². The number of furan rings is 1. The van der Waals surface area contributed by atoms with Gasteiger partial charge in [-0.05, 0) is 48.2 Å². The minimum Gasteiger partial charge on any atom is -0.454 e. The lowest BCUT2D eigenvalue weighted by molar-refractivity contribution is 0.0664. The number of aromatic nitrogens is 1. The Kier molecular flexibility index (Phi) is 7.04. The van der Waals surface area contributed by atoms with E-state index in [0.29, 0.717) is 11.7 Å². The fourth-order valence-electron chi connectivity index (χ4n) is 3.98. The molecule has 1 saturated heterocycles. The van der Waals surface area contributed by atoms with Crippen molar-refractivity contribution < 1.29 is 17.6 Å². The van der Waals surface area contributed by atoms with Gasteiger partial charge in [-0.3, -0.25) is 9.59 Å². The summed E-state index contributed by atoms with van der Waals surface area (Å²) in [6, 6.07) is 15.2. The summed E-state index contributed by atoms with van der Waals surface area (Å²) < 4.78 is 34.7. The fourth-order valence-corrected chi connectivity index (χ4v) is 5.40. The highest BCUT2D eigenvalue weighted by atomic mass is 32.2. The van der Waals surface area contributed by atoms with Crippen LogP contribution < -0.4 is 5.56 Å². The first-order valence-electron chi connectivity index (χ1n) is 11.4. The van der Waals surface area contributed by atoms with Gasteiger partial charge in [0.1, 0.15) is 5.76 Å². The van der Waals surface area contributed by atoms with Gasteiger partial charge in [-0.25, -0.2) is 8.42 Å². The van der Waals surface area contributed by atoms with Gasteiger partial charge in [0.05, 0.1) is 11.4 Å². The van der Waals surface area contributed by atoms with E-state index in [1.165, 1.54) is 14.9 Å². The monoisotopic (exact) mass is 483 g/mol. The Morgan fingerprint density at radius 1 is 1.00 bits per heavy atom. The molecule has 34 heavy (non-hydrogen) atoms. The minimum atomic E-state index is -3.62. The summed E-state index contributed by atoms with van der Waals surface area (Å²) in [6.07, 6.45) is 2.65. The molecule has 1 aliphatic rings. The van der Waals surface area contributed by atoms with Gasteiger partial charge in [0.2, 0.25) is 10.0 Å². The van der Waals surface area contributed by atoms with E-state index in [-0.39, 0.29) is 54.8 Å². The molecule has 8 nitrogen and oxygen atoms in total.